The van der Waals surface area contributed by atoms with Crippen molar-refractivity contribution in [3.8, 4) is 5.75 Å². The second kappa shape index (κ2) is 9.05. The van der Waals surface area contributed by atoms with Crippen molar-refractivity contribution < 1.29 is 23.8 Å². The summed E-state index contributed by atoms with van der Waals surface area (Å²) >= 11 is 0. The van der Waals surface area contributed by atoms with E-state index in [9.17, 15) is 9.59 Å². The molecule has 4 unspecified atom stereocenters. The van der Waals surface area contributed by atoms with Gasteiger partial charge in [0.25, 0.3) is 0 Å². The van der Waals surface area contributed by atoms with E-state index in [0.29, 0.717) is 22.9 Å². The summed E-state index contributed by atoms with van der Waals surface area (Å²) in [5.41, 5.74) is 4.12. The monoisotopic (exact) mass is 462 g/mol. The Hall–Kier alpha value is -3.48. The van der Waals surface area contributed by atoms with Crippen LogP contribution < -0.4 is 10.1 Å². The molecular formula is C27H30N2O5. The van der Waals surface area contributed by atoms with Crippen LogP contribution in [0.25, 0.3) is 10.9 Å². The molecular weight excluding hydrogens is 432 g/mol. The molecule has 5 rings (SSSR count). The van der Waals surface area contributed by atoms with Crippen molar-refractivity contribution in [3.63, 3.8) is 0 Å². The number of amides is 1. The van der Waals surface area contributed by atoms with Gasteiger partial charge in [-0.3, -0.25) is 5.32 Å². The summed E-state index contributed by atoms with van der Waals surface area (Å²) in [5, 5.41) is 3.92. The van der Waals surface area contributed by atoms with Crippen molar-refractivity contribution in [3.05, 3.63) is 59.3 Å². The number of nitrogens with one attached hydrogen (secondary N) is 2. The Morgan fingerprint density at radius 1 is 1.06 bits per heavy atom. The molecule has 0 saturated heterocycles. The molecule has 1 aromatic heterocycles. The number of aromatic amines is 1. The highest BCUT2D eigenvalue weighted by Crippen LogP contribution is 2.46. The first-order valence-corrected chi connectivity index (χ1v) is 11.8. The first-order chi connectivity index (χ1) is 16.5. The lowest BCUT2D eigenvalue weighted by molar-refractivity contribution is 0.0600. The fourth-order valence-electron chi connectivity index (χ4n) is 5.67. The van der Waals surface area contributed by atoms with E-state index in [4.69, 9.17) is 14.2 Å². The number of ether oxygens (including phenoxy) is 3. The van der Waals surface area contributed by atoms with E-state index in [1.165, 1.54) is 26.4 Å². The van der Waals surface area contributed by atoms with Crippen LogP contribution >= 0.6 is 0 Å². The fourth-order valence-corrected chi connectivity index (χ4v) is 5.67. The molecule has 0 aliphatic heterocycles. The van der Waals surface area contributed by atoms with Crippen molar-refractivity contribution in [1.82, 2.24) is 4.98 Å². The van der Waals surface area contributed by atoms with Gasteiger partial charge in [-0.05, 0) is 73.4 Å². The Kier molecular flexibility index (Phi) is 5.94. The summed E-state index contributed by atoms with van der Waals surface area (Å²) < 4.78 is 16.2. The van der Waals surface area contributed by atoms with Gasteiger partial charge in [0.2, 0.25) is 0 Å². The third-order valence-corrected chi connectivity index (χ3v) is 7.48. The highest BCUT2D eigenvalue weighted by atomic mass is 16.6. The fraction of sp³-hybridized carbons (Fsp3) is 0.407. The van der Waals surface area contributed by atoms with Crippen LogP contribution in [0.3, 0.4) is 0 Å². The molecule has 2 aromatic carbocycles. The van der Waals surface area contributed by atoms with Crippen LogP contribution in [0.1, 0.15) is 60.0 Å². The number of hydrogen-bond acceptors (Lipinski definition) is 5. The number of anilines is 1. The number of methoxy groups -OCH3 is 2. The van der Waals surface area contributed by atoms with Crippen LogP contribution in [0, 0.1) is 11.8 Å². The third kappa shape index (κ3) is 4.11. The first-order valence-electron chi connectivity index (χ1n) is 11.8. The minimum atomic E-state index is -0.405. The molecule has 4 atom stereocenters. The number of fused-ring (bicyclic) bond motifs is 3. The molecule has 0 radical (unpaired) electrons. The normalized spacial score (nSPS) is 21.9. The number of benzene rings is 2. The SMILES string of the molecule is COC(=O)c1ccc(C(C)c2c[nH]c3ccc(NC(=O)OC4CC5CCC4C5)cc23)c(OC)c1. The van der Waals surface area contributed by atoms with E-state index in [-0.39, 0.29) is 18.1 Å². The van der Waals surface area contributed by atoms with Gasteiger partial charge in [-0.2, -0.15) is 0 Å². The predicted molar refractivity (Wildman–Crippen MR) is 129 cm³/mol. The van der Waals surface area contributed by atoms with Crippen molar-refractivity contribution in [2.24, 2.45) is 11.8 Å². The Morgan fingerprint density at radius 3 is 2.62 bits per heavy atom. The summed E-state index contributed by atoms with van der Waals surface area (Å²) in [6.07, 6.45) is 6.26. The topological polar surface area (TPSA) is 89.7 Å². The summed E-state index contributed by atoms with van der Waals surface area (Å²) in [7, 11) is 2.95. The van der Waals surface area contributed by atoms with Crippen LogP contribution in [0.5, 0.6) is 5.75 Å². The quantitative estimate of drug-likeness (QED) is 0.449. The summed E-state index contributed by atoms with van der Waals surface area (Å²) in [6.45, 7) is 2.09. The van der Waals surface area contributed by atoms with Gasteiger partial charge in [-0.1, -0.05) is 13.0 Å². The second-order valence-corrected chi connectivity index (χ2v) is 9.42. The Balaban J connectivity index is 1.36. The van der Waals surface area contributed by atoms with E-state index in [0.717, 1.165) is 34.4 Å². The molecule has 34 heavy (non-hydrogen) atoms. The average Bonchev–Trinajstić information content (AvgIpc) is 3.58. The number of rotatable bonds is 6. The lowest BCUT2D eigenvalue weighted by Crippen LogP contribution is -2.26. The molecule has 2 bridgehead atoms. The van der Waals surface area contributed by atoms with E-state index in [1.54, 1.807) is 19.2 Å². The maximum Gasteiger partial charge on any atom is 0.411 e. The molecule has 2 aliphatic carbocycles. The minimum Gasteiger partial charge on any atom is -0.496 e. The zero-order valence-corrected chi connectivity index (χ0v) is 19.7. The number of aromatic nitrogens is 1. The van der Waals surface area contributed by atoms with Crippen LogP contribution in [-0.4, -0.2) is 37.4 Å². The third-order valence-electron chi connectivity index (χ3n) is 7.48. The first kappa shape index (κ1) is 22.3. The standard InChI is InChI=1S/C27H30N2O5/c1-15(20-8-6-18(26(30)33-3)12-25(20)32-2)22-14-28-23-9-7-19(13-21(22)23)29-27(31)34-24-11-16-4-5-17(24)10-16/h6-9,12-17,24,28H,4-5,10-11H2,1-3H3,(H,29,31). The van der Waals surface area contributed by atoms with E-state index >= 15 is 0 Å². The Bertz CT molecular complexity index is 1230. The molecule has 7 heteroatoms. The number of carbonyl (C=O) groups is 2. The van der Waals surface area contributed by atoms with E-state index < -0.39 is 5.97 Å². The summed E-state index contributed by atoms with van der Waals surface area (Å²) in [6, 6.07) is 11.1. The van der Waals surface area contributed by atoms with Gasteiger partial charge in [0.15, 0.2) is 0 Å². The van der Waals surface area contributed by atoms with Crippen LogP contribution in [0.4, 0.5) is 10.5 Å². The second-order valence-electron chi connectivity index (χ2n) is 9.42. The number of hydrogen-bond donors (Lipinski definition) is 2. The molecule has 1 heterocycles. The molecule has 178 valence electrons. The van der Waals surface area contributed by atoms with Gasteiger partial charge < -0.3 is 19.2 Å². The maximum atomic E-state index is 12.6. The number of esters is 1. The maximum absolute atomic E-state index is 12.6. The molecule has 3 aromatic rings. The smallest absolute Gasteiger partial charge is 0.411 e. The number of carbonyl (C=O) groups excluding carboxylic acids is 2. The highest BCUT2D eigenvalue weighted by molar-refractivity contribution is 5.92. The summed E-state index contributed by atoms with van der Waals surface area (Å²) in [5.74, 6) is 1.44. The van der Waals surface area contributed by atoms with Crippen LogP contribution in [0.2, 0.25) is 0 Å². The van der Waals surface area contributed by atoms with Crippen LogP contribution in [0.15, 0.2) is 42.6 Å². The zero-order chi connectivity index (χ0) is 23.8. The van der Waals surface area contributed by atoms with E-state index in [2.05, 4.69) is 17.2 Å². The molecule has 2 N–H and O–H groups in total. The van der Waals surface area contributed by atoms with Gasteiger partial charge in [-0.25, -0.2) is 9.59 Å². The largest absolute Gasteiger partial charge is 0.496 e. The van der Waals surface area contributed by atoms with Crippen molar-refractivity contribution in [1.29, 1.82) is 0 Å². The van der Waals surface area contributed by atoms with E-state index in [1.807, 2.05) is 30.5 Å². The molecule has 0 spiro atoms. The molecule has 2 saturated carbocycles. The van der Waals surface area contributed by atoms with Crippen molar-refractivity contribution >= 4 is 28.7 Å². The van der Waals surface area contributed by atoms with Gasteiger partial charge in [0.1, 0.15) is 11.9 Å². The Labute approximate surface area is 198 Å². The van der Waals surface area contributed by atoms with Gasteiger partial charge in [0, 0.05) is 34.3 Å². The summed E-state index contributed by atoms with van der Waals surface area (Å²) in [4.78, 5) is 27.8. The number of H-pyrrole nitrogens is 1. The molecule has 1 amide bonds. The molecule has 2 aliphatic rings. The Morgan fingerprint density at radius 2 is 1.91 bits per heavy atom. The molecule has 7 nitrogen and oxygen atoms in total. The van der Waals surface area contributed by atoms with Gasteiger partial charge >= 0.3 is 12.1 Å². The molecule has 2 fully saturated rings. The van der Waals surface area contributed by atoms with Crippen LogP contribution in [-0.2, 0) is 9.47 Å². The van der Waals surface area contributed by atoms with Crippen molar-refractivity contribution in [2.75, 3.05) is 19.5 Å². The minimum absolute atomic E-state index is 0.0216. The lowest BCUT2D eigenvalue weighted by Gasteiger charge is -2.22. The lowest BCUT2D eigenvalue weighted by atomic mass is 9.91. The zero-order valence-electron chi connectivity index (χ0n) is 19.7. The predicted octanol–water partition coefficient (Wildman–Crippen LogP) is 5.85. The van der Waals surface area contributed by atoms with Gasteiger partial charge in [0.05, 0.1) is 19.8 Å². The average molecular weight is 463 g/mol. The van der Waals surface area contributed by atoms with Gasteiger partial charge in [-0.15, -0.1) is 0 Å². The van der Waals surface area contributed by atoms with Crippen molar-refractivity contribution in [2.45, 2.75) is 44.6 Å². The highest BCUT2D eigenvalue weighted by Gasteiger charge is 2.41.